The maximum atomic E-state index is 13.0. The minimum Gasteiger partial charge on any atom is -0.378 e. The number of thiazole rings is 1. The van der Waals surface area contributed by atoms with Crippen molar-refractivity contribution in [3.63, 3.8) is 0 Å². The molecule has 0 unspecified atom stereocenters. The van der Waals surface area contributed by atoms with Crippen LogP contribution in [-0.2, 0) is 6.54 Å². The predicted molar refractivity (Wildman–Crippen MR) is 138 cm³/mol. The van der Waals surface area contributed by atoms with Gasteiger partial charge < -0.3 is 14.4 Å². The summed E-state index contributed by atoms with van der Waals surface area (Å²) in [6, 6.07) is 16.5. The highest BCUT2D eigenvalue weighted by Crippen LogP contribution is 2.37. The number of pyridine rings is 1. The molecular formula is C26H28N6OS. The zero-order valence-electron chi connectivity index (χ0n) is 19.4. The van der Waals surface area contributed by atoms with Crippen molar-refractivity contribution in [2.24, 2.45) is 0 Å². The fourth-order valence-electron chi connectivity index (χ4n) is 4.43. The molecule has 0 bridgehead atoms. The predicted octanol–water partition coefficient (Wildman–Crippen LogP) is 5.05. The van der Waals surface area contributed by atoms with Crippen LogP contribution in [0.3, 0.4) is 0 Å². The Bertz CT molecular complexity index is 1250. The van der Waals surface area contributed by atoms with Gasteiger partial charge in [0, 0.05) is 62.5 Å². The number of hydrogen-bond acceptors (Lipinski definition) is 6. The number of amides is 1. The Kier molecular flexibility index (Phi) is 6.31. The second-order valence-electron chi connectivity index (χ2n) is 8.67. The molecule has 174 valence electrons. The van der Waals surface area contributed by atoms with E-state index in [0.717, 1.165) is 30.6 Å². The lowest BCUT2D eigenvalue weighted by molar-refractivity contribution is 0.101. The van der Waals surface area contributed by atoms with Gasteiger partial charge in [-0.1, -0.05) is 0 Å². The van der Waals surface area contributed by atoms with Crippen molar-refractivity contribution in [1.29, 1.82) is 0 Å². The zero-order valence-corrected chi connectivity index (χ0v) is 20.2. The molecule has 1 aromatic carbocycles. The van der Waals surface area contributed by atoms with Crippen molar-refractivity contribution in [2.75, 3.05) is 35.8 Å². The molecule has 7 nitrogen and oxygen atoms in total. The normalized spacial score (nSPS) is 15.5. The lowest BCUT2D eigenvalue weighted by atomic mass is 10.1. The first-order valence-corrected chi connectivity index (χ1v) is 12.3. The second kappa shape index (κ2) is 9.69. The highest BCUT2D eigenvalue weighted by Gasteiger charge is 2.28. The number of aromatic nitrogens is 3. The van der Waals surface area contributed by atoms with Gasteiger partial charge in [0.25, 0.3) is 5.91 Å². The van der Waals surface area contributed by atoms with Crippen molar-refractivity contribution in [1.82, 2.24) is 14.5 Å². The van der Waals surface area contributed by atoms with E-state index >= 15 is 0 Å². The molecule has 3 aromatic heterocycles. The second-order valence-corrected chi connectivity index (χ2v) is 9.53. The maximum absolute atomic E-state index is 13.0. The van der Waals surface area contributed by atoms with Gasteiger partial charge in [-0.05, 0) is 66.9 Å². The third kappa shape index (κ3) is 4.68. The van der Waals surface area contributed by atoms with Crippen LogP contribution in [0.5, 0.6) is 0 Å². The quantitative estimate of drug-likeness (QED) is 0.408. The fraction of sp³-hybridized carbons (Fsp3) is 0.269. The van der Waals surface area contributed by atoms with Crippen LogP contribution in [0, 0.1) is 0 Å². The van der Waals surface area contributed by atoms with E-state index in [1.807, 2.05) is 35.0 Å². The van der Waals surface area contributed by atoms with Gasteiger partial charge in [-0.25, -0.2) is 4.98 Å². The van der Waals surface area contributed by atoms with Crippen LogP contribution < -0.4 is 15.1 Å². The van der Waals surface area contributed by atoms with Gasteiger partial charge in [-0.3, -0.25) is 15.1 Å². The Hall–Kier alpha value is -3.65. The van der Waals surface area contributed by atoms with E-state index < -0.39 is 0 Å². The molecule has 1 N–H and O–H groups in total. The summed E-state index contributed by atoms with van der Waals surface area (Å²) in [5, 5.41) is 5.70. The smallest absolute Gasteiger partial charge is 0.274 e. The zero-order chi connectivity index (χ0) is 23.5. The lowest BCUT2D eigenvalue weighted by Crippen LogP contribution is -2.23. The van der Waals surface area contributed by atoms with Gasteiger partial charge in [-0.2, -0.15) is 0 Å². The summed E-state index contributed by atoms with van der Waals surface area (Å²) in [4.78, 5) is 26.4. The molecule has 0 saturated carbocycles. The van der Waals surface area contributed by atoms with Crippen molar-refractivity contribution < 1.29 is 4.79 Å². The summed E-state index contributed by atoms with van der Waals surface area (Å²) in [5.74, 6) is -0.150. The SMILES string of the molecule is CN(C)c1ccc(N2CCC[C@@H]2c2csc(NC(=O)c3cccn3Cc3ccncc3)n2)cc1. The summed E-state index contributed by atoms with van der Waals surface area (Å²) in [6.45, 7) is 1.62. The Balaban J connectivity index is 1.28. The third-order valence-electron chi connectivity index (χ3n) is 6.20. The van der Waals surface area contributed by atoms with Crippen molar-refractivity contribution in [3.05, 3.63) is 89.5 Å². The van der Waals surface area contributed by atoms with Crippen LogP contribution in [0.1, 0.15) is 40.6 Å². The number of carbonyl (C=O) groups is 1. The topological polar surface area (TPSA) is 66.3 Å². The number of nitrogens with one attached hydrogen (secondary N) is 1. The number of nitrogens with zero attached hydrogens (tertiary/aromatic N) is 5. The molecule has 8 heteroatoms. The average Bonchev–Trinajstić information content (AvgIpc) is 3.60. The third-order valence-corrected chi connectivity index (χ3v) is 6.97. The largest absolute Gasteiger partial charge is 0.378 e. The molecule has 4 heterocycles. The van der Waals surface area contributed by atoms with Crippen LogP contribution in [-0.4, -0.2) is 41.1 Å². The fourth-order valence-corrected chi connectivity index (χ4v) is 5.18. The van der Waals surface area contributed by atoms with Crippen LogP contribution in [0.15, 0.2) is 72.5 Å². The van der Waals surface area contributed by atoms with Crippen molar-refractivity contribution in [2.45, 2.75) is 25.4 Å². The van der Waals surface area contributed by atoms with Crippen LogP contribution in [0.2, 0.25) is 0 Å². The molecule has 1 aliphatic rings. The highest BCUT2D eigenvalue weighted by molar-refractivity contribution is 7.14. The average molecular weight is 473 g/mol. The molecule has 1 fully saturated rings. The molecule has 1 saturated heterocycles. The van der Waals surface area contributed by atoms with Gasteiger partial charge in [0.05, 0.1) is 11.7 Å². The number of hydrogen-bond donors (Lipinski definition) is 1. The molecule has 0 radical (unpaired) electrons. The van der Waals surface area contributed by atoms with Crippen molar-refractivity contribution in [3.8, 4) is 0 Å². The number of anilines is 3. The van der Waals surface area contributed by atoms with E-state index in [-0.39, 0.29) is 11.9 Å². The summed E-state index contributed by atoms with van der Waals surface area (Å²) >= 11 is 1.48. The molecule has 1 amide bonds. The molecular weight excluding hydrogens is 444 g/mol. The summed E-state index contributed by atoms with van der Waals surface area (Å²) in [7, 11) is 4.10. The first-order chi connectivity index (χ1) is 16.6. The van der Waals surface area contributed by atoms with E-state index in [2.05, 4.69) is 63.8 Å². The summed E-state index contributed by atoms with van der Waals surface area (Å²) in [5.41, 5.74) is 5.11. The Morgan fingerprint density at radius 2 is 1.94 bits per heavy atom. The van der Waals surface area contributed by atoms with E-state index in [9.17, 15) is 4.79 Å². The number of carbonyl (C=O) groups excluding carboxylic acids is 1. The minimum absolute atomic E-state index is 0.150. The molecule has 1 aliphatic heterocycles. The van der Waals surface area contributed by atoms with Gasteiger partial charge in [0.2, 0.25) is 0 Å². The van der Waals surface area contributed by atoms with Gasteiger partial charge in [0.1, 0.15) is 5.69 Å². The minimum atomic E-state index is -0.150. The maximum Gasteiger partial charge on any atom is 0.274 e. The van der Waals surface area contributed by atoms with E-state index in [0.29, 0.717) is 17.4 Å². The lowest BCUT2D eigenvalue weighted by Gasteiger charge is -2.26. The molecule has 0 aliphatic carbocycles. The van der Waals surface area contributed by atoms with Crippen molar-refractivity contribution >= 4 is 33.8 Å². The Morgan fingerprint density at radius 3 is 2.71 bits per heavy atom. The van der Waals surface area contributed by atoms with Crippen LogP contribution in [0.4, 0.5) is 16.5 Å². The molecule has 4 aromatic rings. The van der Waals surface area contributed by atoms with Gasteiger partial charge in [-0.15, -0.1) is 11.3 Å². The molecule has 5 rings (SSSR count). The highest BCUT2D eigenvalue weighted by atomic mass is 32.1. The Labute approximate surface area is 203 Å². The standard InChI is InChI=1S/C26H28N6OS/c1-30(2)20-7-9-21(10-8-20)32-16-4-5-23(32)22-18-34-26(28-22)29-25(33)24-6-3-15-31(24)17-19-11-13-27-14-12-19/h3,6-15,18,23H,4-5,16-17H2,1-2H3,(H,28,29,33)/t23-/m1/s1. The monoisotopic (exact) mass is 472 g/mol. The Morgan fingerprint density at radius 1 is 1.15 bits per heavy atom. The van der Waals surface area contributed by atoms with Gasteiger partial charge >= 0.3 is 0 Å². The van der Waals surface area contributed by atoms with Crippen LogP contribution >= 0.6 is 11.3 Å². The number of rotatable bonds is 7. The van der Waals surface area contributed by atoms with E-state index in [4.69, 9.17) is 4.98 Å². The first kappa shape index (κ1) is 22.2. The first-order valence-electron chi connectivity index (χ1n) is 11.4. The summed E-state index contributed by atoms with van der Waals surface area (Å²) in [6.07, 6.45) is 7.63. The molecule has 34 heavy (non-hydrogen) atoms. The van der Waals surface area contributed by atoms with Gasteiger partial charge in [0.15, 0.2) is 5.13 Å². The van der Waals surface area contributed by atoms with Crippen LogP contribution in [0.25, 0.3) is 0 Å². The van der Waals surface area contributed by atoms with E-state index in [1.54, 1.807) is 12.4 Å². The van der Waals surface area contributed by atoms with E-state index in [1.165, 1.54) is 22.7 Å². The summed E-state index contributed by atoms with van der Waals surface area (Å²) < 4.78 is 1.94. The molecule has 1 atom stereocenters. The molecule has 0 spiro atoms. The number of benzene rings is 1.